The first kappa shape index (κ1) is 17.1. The molecule has 2 rings (SSSR count). The highest BCUT2D eigenvalue weighted by atomic mass is 16.4. The van der Waals surface area contributed by atoms with E-state index in [9.17, 15) is 9.90 Å². The standard InChI is InChI=1S/C20H24O3/c1-12(2)16-7-6-15(20(21)22)8-9-17(13(3)4)19-10-14(5)18(11-16)23-19/h9-10,16-17H,1,3,6-7,11H2,2,4-5H3,(H,21,22)/t8?,16-,17+/m1/s1. The van der Waals surface area contributed by atoms with E-state index in [2.05, 4.69) is 18.9 Å². The molecule has 3 heteroatoms. The van der Waals surface area contributed by atoms with Gasteiger partial charge in [-0.1, -0.05) is 24.3 Å². The van der Waals surface area contributed by atoms with Crippen LogP contribution in [-0.4, -0.2) is 11.1 Å². The van der Waals surface area contributed by atoms with Crippen LogP contribution in [0.4, 0.5) is 0 Å². The molecule has 2 heterocycles. The molecule has 0 spiro atoms. The van der Waals surface area contributed by atoms with E-state index in [-0.39, 0.29) is 11.8 Å². The molecule has 2 bridgehead atoms. The van der Waals surface area contributed by atoms with Crippen molar-refractivity contribution >= 4 is 5.97 Å². The molecular formula is C20H24O3. The van der Waals surface area contributed by atoms with Gasteiger partial charge in [0.15, 0.2) is 0 Å². The molecule has 23 heavy (non-hydrogen) atoms. The van der Waals surface area contributed by atoms with Crippen LogP contribution >= 0.6 is 0 Å². The van der Waals surface area contributed by atoms with Crippen molar-refractivity contribution in [3.8, 4) is 0 Å². The van der Waals surface area contributed by atoms with Crippen LogP contribution in [0.3, 0.4) is 0 Å². The van der Waals surface area contributed by atoms with Crippen molar-refractivity contribution in [1.29, 1.82) is 0 Å². The Morgan fingerprint density at radius 3 is 2.61 bits per heavy atom. The second kappa shape index (κ2) is 6.89. The van der Waals surface area contributed by atoms with Crippen molar-refractivity contribution in [2.75, 3.05) is 0 Å². The number of carboxylic acid groups (broad SMARTS) is 1. The fourth-order valence-electron chi connectivity index (χ4n) is 2.86. The summed E-state index contributed by atoms with van der Waals surface area (Å²) in [5, 5.41) is 9.39. The Morgan fingerprint density at radius 2 is 2.04 bits per heavy atom. The predicted molar refractivity (Wildman–Crippen MR) is 91.5 cm³/mol. The highest BCUT2D eigenvalue weighted by Crippen LogP contribution is 2.32. The molecule has 0 aromatic carbocycles. The molecule has 0 saturated carbocycles. The molecule has 0 radical (unpaired) electrons. The Hall–Kier alpha value is -2.25. The number of aryl methyl sites for hydroxylation is 1. The maximum absolute atomic E-state index is 11.4. The van der Waals surface area contributed by atoms with Gasteiger partial charge >= 0.3 is 5.97 Å². The van der Waals surface area contributed by atoms with Gasteiger partial charge in [-0.05, 0) is 57.2 Å². The van der Waals surface area contributed by atoms with E-state index in [0.717, 1.165) is 41.1 Å². The van der Waals surface area contributed by atoms with E-state index >= 15 is 0 Å². The summed E-state index contributed by atoms with van der Waals surface area (Å²) >= 11 is 0. The first-order chi connectivity index (χ1) is 10.8. The lowest BCUT2D eigenvalue weighted by Gasteiger charge is -2.16. The van der Waals surface area contributed by atoms with Crippen LogP contribution in [0.5, 0.6) is 0 Å². The zero-order valence-electron chi connectivity index (χ0n) is 14.1. The van der Waals surface area contributed by atoms with Crippen LogP contribution in [0.15, 0.2) is 52.2 Å². The number of fused-ring (bicyclic) bond motifs is 2. The summed E-state index contributed by atoms with van der Waals surface area (Å²) in [5.41, 5.74) is 6.33. The molecular weight excluding hydrogens is 288 g/mol. The average molecular weight is 312 g/mol. The number of hydrogen-bond acceptors (Lipinski definition) is 2. The predicted octanol–water partition coefficient (Wildman–Crippen LogP) is 4.94. The second-order valence-corrected chi connectivity index (χ2v) is 6.46. The number of carbonyl (C=O) groups is 1. The SMILES string of the molecule is C=C(C)[C@@H]1CCC(C(=O)O)=C=C[C@@H](C(=C)C)c2cc(C)c(o2)C1. The number of aliphatic carboxylic acids is 1. The zero-order chi connectivity index (χ0) is 17.1. The van der Waals surface area contributed by atoms with E-state index in [4.69, 9.17) is 4.42 Å². The molecule has 2 atom stereocenters. The third-order valence-electron chi connectivity index (χ3n) is 4.43. The van der Waals surface area contributed by atoms with Gasteiger partial charge in [0.05, 0.1) is 11.5 Å². The first-order valence-electron chi connectivity index (χ1n) is 7.88. The van der Waals surface area contributed by atoms with Gasteiger partial charge in [0.25, 0.3) is 0 Å². The zero-order valence-corrected chi connectivity index (χ0v) is 14.1. The van der Waals surface area contributed by atoms with E-state index in [1.165, 1.54) is 0 Å². The summed E-state index contributed by atoms with van der Waals surface area (Å²) in [7, 11) is 0. The number of rotatable bonds is 3. The van der Waals surface area contributed by atoms with Gasteiger partial charge in [-0.25, -0.2) is 4.79 Å². The monoisotopic (exact) mass is 312 g/mol. The lowest BCUT2D eigenvalue weighted by Crippen LogP contribution is -2.09. The van der Waals surface area contributed by atoms with Crippen molar-refractivity contribution < 1.29 is 14.3 Å². The summed E-state index contributed by atoms with van der Waals surface area (Å²) in [6.07, 6.45) is 3.70. The van der Waals surface area contributed by atoms with Crippen molar-refractivity contribution in [3.63, 3.8) is 0 Å². The first-order valence-corrected chi connectivity index (χ1v) is 7.88. The smallest absolute Gasteiger partial charge is 0.339 e. The highest BCUT2D eigenvalue weighted by Gasteiger charge is 2.22. The molecule has 1 aromatic heterocycles. The minimum absolute atomic E-state index is 0.154. The minimum atomic E-state index is -0.920. The molecule has 1 aliphatic rings. The van der Waals surface area contributed by atoms with Gasteiger partial charge in [0.1, 0.15) is 11.5 Å². The highest BCUT2D eigenvalue weighted by molar-refractivity contribution is 5.86. The Balaban J connectivity index is 2.57. The number of carboxylic acids is 1. The Morgan fingerprint density at radius 1 is 1.35 bits per heavy atom. The van der Waals surface area contributed by atoms with E-state index in [0.29, 0.717) is 12.0 Å². The number of hydrogen-bond donors (Lipinski definition) is 1. The summed E-state index contributed by atoms with van der Waals surface area (Å²) < 4.78 is 6.07. The van der Waals surface area contributed by atoms with Crippen LogP contribution in [0.1, 0.15) is 49.7 Å². The largest absolute Gasteiger partial charge is 0.477 e. The molecule has 0 amide bonds. The lowest BCUT2D eigenvalue weighted by molar-refractivity contribution is -0.132. The van der Waals surface area contributed by atoms with Crippen LogP contribution in [0.2, 0.25) is 0 Å². The van der Waals surface area contributed by atoms with Crippen LogP contribution in [0.25, 0.3) is 0 Å². The van der Waals surface area contributed by atoms with Crippen molar-refractivity contribution in [2.24, 2.45) is 5.92 Å². The molecule has 0 unspecified atom stereocenters. The van der Waals surface area contributed by atoms with Crippen LogP contribution in [-0.2, 0) is 11.2 Å². The normalized spacial score (nSPS) is 21.3. The van der Waals surface area contributed by atoms with Gasteiger partial charge in [0.2, 0.25) is 0 Å². The Labute approximate surface area is 137 Å². The second-order valence-electron chi connectivity index (χ2n) is 6.46. The van der Waals surface area contributed by atoms with Gasteiger partial charge in [-0.15, -0.1) is 5.73 Å². The molecule has 0 saturated heterocycles. The third-order valence-corrected chi connectivity index (χ3v) is 4.43. The topological polar surface area (TPSA) is 50.4 Å². The lowest BCUT2D eigenvalue weighted by atomic mass is 9.89. The van der Waals surface area contributed by atoms with Crippen LogP contribution in [0, 0.1) is 12.8 Å². The number of furan rings is 1. The molecule has 1 N–H and O–H groups in total. The number of allylic oxidation sites excluding steroid dienone is 2. The van der Waals surface area contributed by atoms with E-state index in [1.807, 2.05) is 26.8 Å². The summed E-state index contributed by atoms with van der Waals surface area (Å²) in [6.45, 7) is 14.0. The average Bonchev–Trinajstić information content (AvgIpc) is 2.78. The summed E-state index contributed by atoms with van der Waals surface area (Å²) in [4.78, 5) is 11.4. The maximum Gasteiger partial charge on any atom is 0.339 e. The quantitative estimate of drug-likeness (QED) is 0.635. The van der Waals surface area contributed by atoms with Crippen LogP contribution < -0.4 is 0 Å². The van der Waals surface area contributed by atoms with E-state index in [1.54, 1.807) is 6.08 Å². The Kier molecular flexibility index (Phi) is 5.12. The Bertz CT molecular complexity index is 711. The third kappa shape index (κ3) is 3.94. The molecule has 122 valence electrons. The van der Waals surface area contributed by atoms with Crippen molar-refractivity contribution in [2.45, 2.75) is 46.0 Å². The van der Waals surface area contributed by atoms with Crippen molar-refractivity contribution in [1.82, 2.24) is 0 Å². The summed E-state index contributed by atoms with van der Waals surface area (Å²) in [5.74, 6) is 0.872. The van der Waals surface area contributed by atoms with E-state index < -0.39 is 5.97 Å². The van der Waals surface area contributed by atoms with Gasteiger partial charge in [-0.3, -0.25) is 0 Å². The fraction of sp³-hybridized carbons (Fsp3) is 0.400. The maximum atomic E-state index is 11.4. The van der Waals surface area contributed by atoms with Gasteiger partial charge in [-0.2, -0.15) is 0 Å². The molecule has 0 fully saturated rings. The molecule has 1 aromatic rings. The fourth-order valence-corrected chi connectivity index (χ4v) is 2.86. The van der Waals surface area contributed by atoms with Gasteiger partial charge < -0.3 is 9.52 Å². The van der Waals surface area contributed by atoms with Gasteiger partial charge in [0, 0.05) is 6.42 Å². The molecule has 0 aliphatic carbocycles. The van der Waals surface area contributed by atoms with Crippen molar-refractivity contribution in [3.05, 3.63) is 64.8 Å². The molecule has 3 nitrogen and oxygen atoms in total. The minimum Gasteiger partial charge on any atom is -0.477 e. The molecule has 1 aliphatic heterocycles. The summed E-state index contributed by atoms with van der Waals surface area (Å²) in [6, 6.07) is 2.02.